The van der Waals surface area contributed by atoms with E-state index in [4.69, 9.17) is 33.0 Å². The first-order chi connectivity index (χ1) is 19.4. The third-order valence-corrected chi connectivity index (χ3v) is 7.72. The summed E-state index contributed by atoms with van der Waals surface area (Å²) in [4.78, 5) is 18.4. The summed E-state index contributed by atoms with van der Waals surface area (Å²) >= 11 is 13.6. The molecule has 0 aliphatic carbocycles. The van der Waals surface area contributed by atoms with Crippen LogP contribution in [0.3, 0.4) is 0 Å². The minimum Gasteiger partial charge on any atom is -0.489 e. The number of benzene rings is 3. The van der Waals surface area contributed by atoms with E-state index in [0.29, 0.717) is 37.5 Å². The molecule has 0 fully saturated rings. The molecule has 6 rings (SSSR count). The van der Waals surface area contributed by atoms with Gasteiger partial charge < -0.3 is 4.74 Å². The molecular weight excluding hydrogens is 565 g/mol. The van der Waals surface area contributed by atoms with Crippen LogP contribution >= 0.6 is 34.5 Å². The van der Waals surface area contributed by atoms with Gasteiger partial charge in [0, 0.05) is 27.9 Å². The second-order valence-electron chi connectivity index (χ2n) is 8.96. The van der Waals surface area contributed by atoms with Gasteiger partial charge >= 0.3 is 0 Å². The highest BCUT2D eigenvalue weighted by atomic mass is 35.5. The van der Waals surface area contributed by atoms with Gasteiger partial charge in [-0.05, 0) is 67.1 Å². The normalized spacial score (nSPS) is 11.8. The maximum Gasteiger partial charge on any atom is 0.291 e. The zero-order valence-corrected chi connectivity index (χ0v) is 23.5. The van der Waals surface area contributed by atoms with E-state index in [1.807, 2.05) is 67.7 Å². The molecule has 10 heteroatoms. The van der Waals surface area contributed by atoms with Crippen LogP contribution in [0.4, 0.5) is 0 Å². The molecule has 6 aromatic rings. The van der Waals surface area contributed by atoms with Crippen molar-refractivity contribution in [2.45, 2.75) is 6.92 Å². The van der Waals surface area contributed by atoms with Gasteiger partial charge in [-0.2, -0.15) is 14.6 Å². The van der Waals surface area contributed by atoms with Crippen LogP contribution < -0.4 is 14.8 Å². The Morgan fingerprint density at radius 3 is 2.60 bits per heavy atom. The smallest absolute Gasteiger partial charge is 0.291 e. The lowest BCUT2D eigenvalue weighted by atomic mass is 10.0. The van der Waals surface area contributed by atoms with E-state index in [1.54, 1.807) is 29.0 Å². The third kappa shape index (κ3) is 4.93. The molecular formula is C30H21Cl2N5O2S. The van der Waals surface area contributed by atoms with Gasteiger partial charge in [-0.25, -0.2) is 4.68 Å². The minimum atomic E-state index is -0.272. The quantitative estimate of drug-likeness (QED) is 0.203. The predicted molar refractivity (Wildman–Crippen MR) is 161 cm³/mol. The second-order valence-corrected chi connectivity index (χ2v) is 10.8. The molecule has 3 aromatic carbocycles. The highest BCUT2D eigenvalue weighted by Crippen LogP contribution is 2.30. The van der Waals surface area contributed by atoms with E-state index in [0.717, 1.165) is 33.8 Å². The molecule has 0 aliphatic rings. The Labute approximate surface area is 243 Å². The van der Waals surface area contributed by atoms with Gasteiger partial charge in [0.15, 0.2) is 5.82 Å². The first kappa shape index (κ1) is 26.0. The van der Waals surface area contributed by atoms with Crippen LogP contribution in [0.15, 0.2) is 90.4 Å². The van der Waals surface area contributed by atoms with Crippen LogP contribution in [0.25, 0.3) is 39.4 Å². The number of aromatic nitrogens is 5. The van der Waals surface area contributed by atoms with Gasteiger partial charge in [-0.3, -0.25) is 4.79 Å². The number of fused-ring (bicyclic) bond motifs is 1. The van der Waals surface area contributed by atoms with E-state index >= 15 is 0 Å². The molecule has 0 amide bonds. The Morgan fingerprint density at radius 1 is 1.05 bits per heavy atom. The van der Waals surface area contributed by atoms with Crippen molar-refractivity contribution in [2.24, 2.45) is 0 Å². The first-order valence-electron chi connectivity index (χ1n) is 12.3. The summed E-state index contributed by atoms with van der Waals surface area (Å²) in [7, 11) is 0. The van der Waals surface area contributed by atoms with E-state index in [9.17, 15) is 4.79 Å². The molecule has 0 aliphatic heterocycles. The van der Waals surface area contributed by atoms with Gasteiger partial charge in [-0.1, -0.05) is 65.4 Å². The van der Waals surface area contributed by atoms with Crippen molar-refractivity contribution < 1.29 is 4.74 Å². The largest absolute Gasteiger partial charge is 0.489 e. The number of thiazole rings is 1. The number of halogens is 2. The number of rotatable bonds is 7. The summed E-state index contributed by atoms with van der Waals surface area (Å²) < 4.78 is 9.34. The molecule has 7 nitrogen and oxygen atoms in total. The number of aryl methyl sites for hydroxylation is 1. The van der Waals surface area contributed by atoms with E-state index in [-0.39, 0.29) is 5.56 Å². The summed E-state index contributed by atoms with van der Waals surface area (Å²) in [6.07, 6.45) is 5.45. The molecule has 0 saturated heterocycles. The highest BCUT2D eigenvalue weighted by molar-refractivity contribution is 7.15. The lowest BCUT2D eigenvalue weighted by molar-refractivity contribution is 0.361. The summed E-state index contributed by atoms with van der Waals surface area (Å²) in [5.41, 5.74) is 4.62. The fraction of sp³-hybridized carbons (Fsp3) is 0.0667. The first-order valence-corrected chi connectivity index (χ1v) is 13.8. The Kier molecular flexibility index (Phi) is 6.98. The summed E-state index contributed by atoms with van der Waals surface area (Å²) in [5.74, 6) is 1.14. The second kappa shape index (κ2) is 10.7. The van der Waals surface area contributed by atoms with Crippen LogP contribution in [0.5, 0.6) is 5.75 Å². The van der Waals surface area contributed by atoms with Crippen molar-refractivity contribution in [2.75, 3.05) is 6.61 Å². The van der Waals surface area contributed by atoms with Crippen molar-refractivity contribution in [3.8, 4) is 34.1 Å². The number of hydrogen-bond donors (Lipinski definition) is 0. The zero-order valence-electron chi connectivity index (χ0n) is 21.2. The predicted octanol–water partition coefficient (Wildman–Crippen LogP) is 6.40. The average Bonchev–Trinajstić information content (AvgIpc) is 3.63. The highest BCUT2D eigenvalue weighted by Gasteiger charge is 2.17. The third-order valence-electron chi connectivity index (χ3n) is 6.21. The number of nitrogens with zero attached hydrogens (tertiary/aromatic N) is 5. The van der Waals surface area contributed by atoms with Crippen LogP contribution in [-0.4, -0.2) is 31.0 Å². The zero-order chi connectivity index (χ0) is 27.8. The van der Waals surface area contributed by atoms with Gasteiger partial charge in [0.05, 0.1) is 15.2 Å². The van der Waals surface area contributed by atoms with Crippen molar-refractivity contribution in [3.63, 3.8) is 0 Å². The fourth-order valence-electron chi connectivity index (χ4n) is 4.30. The SMILES string of the molecule is C=CCOc1ccc(-c2nn(-c3ccccc3)cc2C=c2sc3nc(-c4ccc(Cl)cc4Cl)nn3c2=O)cc1C. The molecule has 0 radical (unpaired) electrons. The maximum absolute atomic E-state index is 13.4. The van der Waals surface area contributed by atoms with Crippen molar-refractivity contribution in [1.29, 1.82) is 0 Å². The summed E-state index contributed by atoms with van der Waals surface area (Å²) in [6, 6.07) is 20.8. The fourth-order valence-corrected chi connectivity index (χ4v) is 5.69. The van der Waals surface area contributed by atoms with E-state index in [2.05, 4.69) is 16.7 Å². The van der Waals surface area contributed by atoms with Crippen LogP contribution in [0.2, 0.25) is 10.0 Å². The molecule has 40 heavy (non-hydrogen) atoms. The molecule has 0 N–H and O–H groups in total. The summed E-state index contributed by atoms with van der Waals surface area (Å²) in [5, 5.41) is 10.2. The monoisotopic (exact) mass is 585 g/mol. The lowest BCUT2D eigenvalue weighted by Crippen LogP contribution is -2.23. The Hall–Kier alpha value is -4.24. The van der Waals surface area contributed by atoms with Crippen LogP contribution in [0, 0.1) is 6.92 Å². The average molecular weight is 587 g/mol. The molecule has 198 valence electrons. The molecule has 0 saturated carbocycles. The van der Waals surface area contributed by atoms with Gasteiger partial charge in [0.2, 0.25) is 4.96 Å². The Bertz CT molecular complexity index is 2000. The van der Waals surface area contributed by atoms with Crippen molar-refractivity contribution in [1.82, 2.24) is 24.4 Å². The van der Waals surface area contributed by atoms with Crippen LogP contribution in [0.1, 0.15) is 11.1 Å². The molecule has 3 aromatic heterocycles. The Balaban J connectivity index is 1.46. The van der Waals surface area contributed by atoms with Crippen molar-refractivity contribution >= 4 is 45.6 Å². The summed E-state index contributed by atoms with van der Waals surface area (Å²) in [6.45, 7) is 6.12. The lowest BCUT2D eigenvalue weighted by Gasteiger charge is -2.08. The molecule has 3 heterocycles. The van der Waals surface area contributed by atoms with Crippen LogP contribution in [-0.2, 0) is 0 Å². The number of hydrogen-bond acceptors (Lipinski definition) is 6. The van der Waals surface area contributed by atoms with Gasteiger partial charge in [0.25, 0.3) is 5.56 Å². The number of para-hydroxylation sites is 1. The molecule has 0 bridgehead atoms. The van der Waals surface area contributed by atoms with Gasteiger partial charge in [-0.15, -0.1) is 5.10 Å². The van der Waals surface area contributed by atoms with E-state index in [1.165, 1.54) is 15.9 Å². The van der Waals surface area contributed by atoms with Gasteiger partial charge in [0.1, 0.15) is 18.1 Å². The molecule has 0 spiro atoms. The van der Waals surface area contributed by atoms with Crippen molar-refractivity contribution in [3.05, 3.63) is 122 Å². The topological polar surface area (TPSA) is 74.3 Å². The molecule has 0 atom stereocenters. The maximum atomic E-state index is 13.4. The number of ether oxygens (including phenoxy) is 1. The standard InChI is InChI=1S/C30H21Cl2N5O2S/c1-3-13-39-25-12-9-19(14-18(25)2)27-20(17-36(34-27)22-7-5-4-6-8-22)15-26-29(38)37-30(40-26)33-28(35-37)23-11-10-21(31)16-24(23)32/h3-12,14-17H,1,13H2,2H3. The minimum absolute atomic E-state index is 0.272. The molecule has 0 unspecified atom stereocenters. The van der Waals surface area contributed by atoms with E-state index < -0.39 is 0 Å². The Morgan fingerprint density at radius 2 is 1.88 bits per heavy atom.